The molecule has 0 amide bonds. The lowest BCUT2D eigenvalue weighted by Crippen LogP contribution is -2.52. The van der Waals surface area contributed by atoms with Crippen LogP contribution in [0.15, 0.2) is 54.6 Å². The first-order valence-corrected chi connectivity index (χ1v) is 14.7. The van der Waals surface area contributed by atoms with Crippen LogP contribution in [0.25, 0.3) is 16.6 Å². The van der Waals surface area contributed by atoms with Crippen molar-refractivity contribution >= 4 is 22.6 Å². The van der Waals surface area contributed by atoms with E-state index < -0.39 is 0 Å². The minimum Gasteiger partial charge on any atom is -0.494 e. The molecule has 1 aromatic heterocycles. The summed E-state index contributed by atoms with van der Waals surface area (Å²) in [4.78, 5) is 23.7. The first kappa shape index (κ1) is 26.1. The summed E-state index contributed by atoms with van der Waals surface area (Å²) in [6.45, 7) is 1.89. The predicted molar refractivity (Wildman–Crippen MR) is 154 cm³/mol. The number of methoxy groups -OCH3 is 1. The van der Waals surface area contributed by atoms with Gasteiger partial charge in [0.05, 0.1) is 18.5 Å². The van der Waals surface area contributed by atoms with Crippen molar-refractivity contribution in [2.75, 3.05) is 27.2 Å². The molecule has 0 radical (unpaired) electrons. The molecule has 3 aromatic rings. The lowest BCUT2D eigenvalue weighted by atomic mass is 9.60. The fraction of sp³-hybridized carbons (Fsp3) is 0.515. The summed E-state index contributed by atoms with van der Waals surface area (Å²) < 4.78 is 12.0. The Morgan fingerprint density at radius 2 is 1.92 bits per heavy atom. The summed E-state index contributed by atoms with van der Waals surface area (Å²) in [5.41, 5.74) is 4.32. The number of aromatic amines is 1. The zero-order valence-electron chi connectivity index (χ0n) is 23.3. The second kappa shape index (κ2) is 11.2. The molecule has 2 saturated carbocycles. The van der Waals surface area contributed by atoms with E-state index in [4.69, 9.17) is 14.5 Å². The molecular weight excluding hydrogens is 486 g/mol. The van der Waals surface area contributed by atoms with Crippen molar-refractivity contribution in [1.82, 2.24) is 14.9 Å². The van der Waals surface area contributed by atoms with E-state index in [2.05, 4.69) is 53.3 Å². The van der Waals surface area contributed by atoms with Crippen molar-refractivity contribution in [2.45, 2.75) is 63.4 Å². The SMILES string of the molecule is COc1cccc2[nH]c(CCCN(C)CCC3(OC(=O)C4CCC4)CC4CCC3C=C4c3ccccc3)nc12. The number of aromatic nitrogens is 2. The Hall–Kier alpha value is -3.12. The van der Waals surface area contributed by atoms with E-state index >= 15 is 0 Å². The van der Waals surface area contributed by atoms with Gasteiger partial charge in [0.1, 0.15) is 22.7 Å². The molecule has 6 heteroatoms. The number of aryl methyl sites for hydroxylation is 1. The third-order valence-corrected chi connectivity index (χ3v) is 9.38. The number of H-pyrrole nitrogens is 1. The number of imidazole rings is 1. The molecular formula is C33H41N3O3. The molecule has 39 heavy (non-hydrogen) atoms. The monoisotopic (exact) mass is 527 g/mol. The zero-order valence-corrected chi connectivity index (χ0v) is 23.3. The topological polar surface area (TPSA) is 67.4 Å². The average molecular weight is 528 g/mol. The molecule has 7 rings (SSSR count). The van der Waals surface area contributed by atoms with Gasteiger partial charge in [0.2, 0.25) is 0 Å². The van der Waals surface area contributed by atoms with Crippen molar-refractivity contribution in [3.63, 3.8) is 0 Å². The third kappa shape index (κ3) is 5.36. The Balaban J connectivity index is 1.10. The molecule has 4 aliphatic carbocycles. The van der Waals surface area contributed by atoms with Gasteiger partial charge >= 0.3 is 5.97 Å². The van der Waals surface area contributed by atoms with Crippen LogP contribution in [0.5, 0.6) is 5.75 Å². The van der Waals surface area contributed by atoms with Gasteiger partial charge in [0, 0.05) is 25.3 Å². The van der Waals surface area contributed by atoms with Gasteiger partial charge < -0.3 is 19.4 Å². The van der Waals surface area contributed by atoms with E-state index in [1.165, 1.54) is 17.6 Å². The molecule has 6 nitrogen and oxygen atoms in total. The lowest BCUT2D eigenvalue weighted by Gasteiger charge is -2.51. The number of esters is 1. The molecule has 0 aliphatic heterocycles. The zero-order chi connectivity index (χ0) is 26.8. The van der Waals surface area contributed by atoms with Gasteiger partial charge in [-0.3, -0.25) is 4.79 Å². The van der Waals surface area contributed by atoms with Gasteiger partial charge in [-0.2, -0.15) is 0 Å². The van der Waals surface area contributed by atoms with E-state index in [0.29, 0.717) is 11.8 Å². The van der Waals surface area contributed by atoms with Crippen LogP contribution in [0.1, 0.15) is 62.8 Å². The van der Waals surface area contributed by atoms with Crippen molar-refractivity contribution < 1.29 is 14.3 Å². The Kier molecular flexibility index (Phi) is 7.48. The summed E-state index contributed by atoms with van der Waals surface area (Å²) in [6, 6.07) is 16.8. The number of carbonyl (C=O) groups is 1. The maximum Gasteiger partial charge on any atom is 0.309 e. The summed E-state index contributed by atoms with van der Waals surface area (Å²) >= 11 is 0. The fourth-order valence-electron chi connectivity index (χ4n) is 6.86. The molecule has 0 spiro atoms. The number of hydrogen-bond donors (Lipinski definition) is 1. The number of allylic oxidation sites excluding steroid dienone is 1. The van der Waals surface area contributed by atoms with Crippen LogP contribution in [-0.4, -0.2) is 53.7 Å². The van der Waals surface area contributed by atoms with E-state index in [1.54, 1.807) is 7.11 Å². The number of para-hydroxylation sites is 1. The van der Waals surface area contributed by atoms with E-state index in [-0.39, 0.29) is 17.5 Å². The maximum absolute atomic E-state index is 13.1. The number of nitrogens with one attached hydrogen (secondary N) is 1. The van der Waals surface area contributed by atoms with Gasteiger partial charge in [0.15, 0.2) is 0 Å². The van der Waals surface area contributed by atoms with Crippen LogP contribution in [0.4, 0.5) is 0 Å². The van der Waals surface area contributed by atoms with Crippen LogP contribution >= 0.6 is 0 Å². The van der Waals surface area contributed by atoms with Gasteiger partial charge in [-0.15, -0.1) is 0 Å². The minimum absolute atomic E-state index is 0.0476. The largest absolute Gasteiger partial charge is 0.494 e. The van der Waals surface area contributed by atoms with E-state index in [0.717, 1.165) is 87.1 Å². The highest BCUT2D eigenvalue weighted by Crippen LogP contribution is 2.53. The average Bonchev–Trinajstić information content (AvgIpc) is 3.35. The second-order valence-electron chi connectivity index (χ2n) is 11.9. The van der Waals surface area contributed by atoms with Gasteiger partial charge in [-0.25, -0.2) is 4.98 Å². The molecule has 0 saturated heterocycles. The van der Waals surface area contributed by atoms with E-state index in [1.807, 2.05) is 18.2 Å². The number of nitrogens with zero attached hydrogens (tertiary/aromatic N) is 2. The Bertz CT molecular complexity index is 1330. The van der Waals surface area contributed by atoms with E-state index in [9.17, 15) is 4.79 Å². The van der Waals surface area contributed by atoms with Crippen LogP contribution in [-0.2, 0) is 16.0 Å². The number of ether oxygens (including phenoxy) is 2. The smallest absolute Gasteiger partial charge is 0.309 e. The summed E-state index contributed by atoms with van der Waals surface area (Å²) in [5, 5.41) is 0. The Morgan fingerprint density at radius 3 is 2.64 bits per heavy atom. The van der Waals surface area contributed by atoms with Crippen molar-refractivity contribution in [3.8, 4) is 5.75 Å². The predicted octanol–water partition coefficient (Wildman–Crippen LogP) is 6.42. The first-order valence-electron chi connectivity index (χ1n) is 14.7. The van der Waals surface area contributed by atoms with Crippen molar-refractivity contribution in [1.29, 1.82) is 0 Å². The molecule has 2 aromatic carbocycles. The van der Waals surface area contributed by atoms with Crippen molar-refractivity contribution in [3.05, 3.63) is 66.0 Å². The molecule has 206 valence electrons. The first-order chi connectivity index (χ1) is 19.0. The lowest BCUT2D eigenvalue weighted by molar-refractivity contribution is -0.180. The standard InChI is InChI=1S/C33H41N3O3/c1-36(19-8-15-30-34-28-13-7-14-29(38-2)31(28)35-30)20-18-33(39-32(37)24-11-6-12-24)22-25-16-17-26(33)21-27(25)23-9-4-3-5-10-23/h3-5,7,9-10,13-14,21,24-26H,6,8,11-12,15-20,22H2,1-2H3,(H,34,35). The van der Waals surface area contributed by atoms with Gasteiger partial charge in [-0.1, -0.05) is 48.9 Å². The maximum atomic E-state index is 13.1. The Labute approximate surface area is 231 Å². The van der Waals surface area contributed by atoms with Gasteiger partial charge in [-0.05, 0) is 81.3 Å². The number of carbonyl (C=O) groups excluding carboxylic acids is 1. The number of fused-ring (bicyclic) bond motifs is 3. The second-order valence-corrected chi connectivity index (χ2v) is 11.9. The summed E-state index contributed by atoms with van der Waals surface area (Å²) in [6.07, 6.45) is 11.6. The number of hydrogen-bond acceptors (Lipinski definition) is 5. The molecule has 1 N–H and O–H groups in total. The highest BCUT2D eigenvalue weighted by molar-refractivity contribution is 5.81. The van der Waals surface area contributed by atoms with Crippen LogP contribution in [0.2, 0.25) is 0 Å². The van der Waals surface area contributed by atoms with Crippen LogP contribution in [0, 0.1) is 17.8 Å². The fourth-order valence-corrected chi connectivity index (χ4v) is 6.86. The number of benzene rings is 2. The molecule has 2 fully saturated rings. The minimum atomic E-state index is -0.378. The molecule has 1 heterocycles. The highest BCUT2D eigenvalue weighted by Gasteiger charge is 2.51. The van der Waals surface area contributed by atoms with Crippen LogP contribution < -0.4 is 4.74 Å². The molecule has 3 atom stereocenters. The third-order valence-electron chi connectivity index (χ3n) is 9.38. The molecule has 2 bridgehead atoms. The summed E-state index contributed by atoms with van der Waals surface area (Å²) in [5.74, 6) is 2.71. The number of rotatable bonds is 11. The molecule has 3 unspecified atom stereocenters. The van der Waals surface area contributed by atoms with Crippen LogP contribution in [0.3, 0.4) is 0 Å². The quantitative estimate of drug-likeness (QED) is 0.291. The van der Waals surface area contributed by atoms with Gasteiger partial charge in [0.25, 0.3) is 0 Å². The summed E-state index contributed by atoms with van der Waals surface area (Å²) in [7, 11) is 3.88. The molecule has 4 aliphatic rings. The van der Waals surface area contributed by atoms with Crippen molar-refractivity contribution in [2.24, 2.45) is 17.8 Å². The Morgan fingerprint density at radius 1 is 1.08 bits per heavy atom. The highest BCUT2D eigenvalue weighted by atomic mass is 16.6. The normalized spacial score (nSPS) is 24.5.